The average Bonchev–Trinajstić information content (AvgIpc) is 3.18. The van der Waals surface area contributed by atoms with Crippen LogP contribution in [0.15, 0.2) is 18.6 Å². The Bertz CT molecular complexity index is 684. The molecule has 0 bridgehead atoms. The Hall–Kier alpha value is -2.22. The van der Waals surface area contributed by atoms with Gasteiger partial charge >= 0.3 is 0 Å². The molecular weight excluding hydrogens is 308 g/mol. The van der Waals surface area contributed by atoms with Gasteiger partial charge in [0.2, 0.25) is 5.91 Å². The average molecular weight is 332 g/mol. The van der Waals surface area contributed by atoms with E-state index in [0.717, 1.165) is 38.3 Å². The number of carbonyl (C=O) groups excluding carboxylic acids is 1. The van der Waals surface area contributed by atoms with Gasteiger partial charge in [-0.2, -0.15) is 0 Å². The number of rotatable bonds is 5. The van der Waals surface area contributed by atoms with Gasteiger partial charge in [0, 0.05) is 32.0 Å². The molecule has 1 N–H and O–H groups in total. The van der Waals surface area contributed by atoms with Crippen LogP contribution in [0.5, 0.6) is 0 Å². The molecule has 8 nitrogen and oxygen atoms in total. The van der Waals surface area contributed by atoms with E-state index in [9.17, 15) is 9.90 Å². The van der Waals surface area contributed by atoms with Gasteiger partial charge in [0.15, 0.2) is 0 Å². The Morgan fingerprint density at radius 3 is 2.75 bits per heavy atom. The first-order chi connectivity index (χ1) is 11.5. The SMILES string of the molecule is Cc1nccn1CC(=O)N1CCC(Cn2cc([C@@H](C)O)nn2)CC1. The number of nitrogens with zero attached hydrogens (tertiary/aromatic N) is 6. The minimum absolute atomic E-state index is 0.145. The van der Waals surface area contributed by atoms with Crippen molar-refractivity contribution < 1.29 is 9.90 Å². The molecular formula is C16H24N6O2. The number of likely N-dealkylation sites (tertiary alicyclic amines) is 1. The van der Waals surface area contributed by atoms with Crippen molar-refractivity contribution in [2.45, 2.75) is 45.9 Å². The number of aliphatic hydroxyl groups is 1. The van der Waals surface area contributed by atoms with Crippen LogP contribution in [0, 0.1) is 12.8 Å². The molecule has 1 aliphatic heterocycles. The highest BCUT2D eigenvalue weighted by molar-refractivity contribution is 5.76. The number of amides is 1. The number of carbonyl (C=O) groups is 1. The van der Waals surface area contributed by atoms with Crippen molar-refractivity contribution in [3.05, 3.63) is 30.1 Å². The summed E-state index contributed by atoms with van der Waals surface area (Å²) in [7, 11) is 0. The summed E-state index contributed by atoms with van der Waals surface area (Å²) in [5.41, 5.74) is 0.596. The fourth-order valence-electron chi connectivity index (χ4n) is 3.04. The predicted molar refractivity (Wildman–Crippen MR) is 86.9 cm³/mol. The lowest BCUT2D eigenvalue weighted by Gasteiger charge is -2.32. The molecule has 130 valence electrons. The molecule has 1 fully saturated rings. The summed E-state index contributed by atoms with van der Waals surface area (Å²) in [6.45, 7) is 6.27. The van der Waals surface area contributed by atoms with Gasteiger partial charge in [-0.3, -0.25) is 9.48 Å². The van der Waals surface area contributed by atoms with Crippen LogP contribution in [0.2, 0.25) is 0 Å². The third kappa shape index (κ3) is 3.81. The number of aliphatic hydroxyl groups excluding tert-OH is 1. The second-order valence-corrected chi connectivity index (χ2v) is 6.47. The minimum Gasteiger partial charge on any atom is -0.387 e. The molecule has 1 amide bonds. The van der Waals surface area contributed by atoms with E-state index in [2.05, 4.69) is 15.3 Å². The molecule has 0 saturated carbocycles. The van der Waals surface area contributed by atoms with E-state index < -0.39 is 6.10 Å². The molecule has 2 aromatic rings. The van der Waals surface area contributed by atoms with E-state index in [1.807, 2.05) is 22.6 Å². The van der Waals surface area contributed by atoms with Gasteiger partial charge in [-0.1, -0.05) is 5.21 Å². The third-order valence-corrected chi connectivity index (χ3v) is 4.63. The number of hydrogen-bond donors (Lipinski definition) is 1. The number of imidazole rings is 1. The van der Waals surface area contributed by atoms with E-state index in [1.54, 1.807) is 24.0 Å². The zero-order valence-electron chi connectivity index (χ0n) is 14.2. The molecule has 0 aromatic carbocycles. The second kappa shape index (κ2) is 7.12. The molecule has 1 atom stereocenters. The van der Waals surface area contributed by atoms with Crippen molar-refractivity contribution in [1.82, 2.24) is 29.4 Å². The second-order valence-electron chi connectivity index (χ2n) is 6.47. The van der Waals surface area contributed by atoms with Crippen LogP contribution >= 0.6 is 0 Å². The molecule has 0 spiro atoms. The lowest BCUT2D eigenvalue weighted by atomic mass is 9.97. The van der Waals surface area contributed by atoms with Crippen molar-refractivity contribution >= 4 is 5.91 Å². The summed E-state index contributed by atoms with van der Waals surface area (Å²) in [6.07, 6.45) is 6.67. The monoisotopic (exact) mass is 332 g/mol. The largest absolute Gasteiger partial charge is 0.387 e. The Morgan fingerprint density at radius 1 is 1.42 bits per heavy atom. The Kier molecular flexibility index (Phi) is 4.94. The van der Waals surface area contributed by atoms with Crippen molar-refractivity contribution in [3.63, 3.8) is 0 Å². The standard InChI is InChI=1S/C16H24N6O2/c1-12(23)15-10-22(19-18-15)9-14-3-6-20(7-4-14)16(24)11-21-8-5-17-13(21)2/h5,8,10,12,14,23H,3-4,6-7,9,11H2,1-2H3/t12-/m1/s1. The van der Waals surface area contributed by atoms with Crippen LogP contribution in [0.1, 0.15) is 37.4 Å². The summed E-state index contributed by atoms with van der Waals surface area (Å²) >= 11 is 0. The number of hydrogen-bond acceptors (Lipinski definition) is 5. The third-order valence-electron chi connectivity index (χ3n) is 4.63. The molecule has 0 radical (unpaired) electrons. The molecule has 8 heteroatoms. The fourth-order valence-corrected chi connectivity index (χ4v) is 3.04. The summed E-state index contributed by atoms with van der Waals surface area (Å²) in [4.78, 5) is 18.5. The first kappa shape index (κ1) is 16.6. The quantitative estimate of drug-likeness (QED) is 0.874. The molecule has 3 heterocycles. The van der Waals surface area contributed by atoms with Crippen LogP contribution < -0.4 is 0 Å². The zero-order valence-corrected chi connectivity index (χ0v) is 14.2. The van der Waals surface area contributed by atoms with Crippen molar-refractivity contribution in [1.29, 1.82) is 0 Å². The highest BCUT2D eigenvalue weighted by atomic mass is 16.3. The van der Waals surface area contributed by atoms with Crippen LogP contribution in [0.25, 0.3) is 0 Å². The Labute approximate surface area is 141 Å². The topological polar surface area (TPSA) is 89.1 Å². The smallest absolute Gasteiger partial charge is 0.242 e. The first-order valence-electron chi connectivity index (χ1n) is 8.36. The molecule has 24 heavy (non-hydrogen) atoms. The van der Waals surface area contributed by atoms with Crippen LogP contribution in [0.4, 0.5) is 0 Å². The summed E-state index contributed by atoms with van der Waals surface area (Å²) in [5, 5.41) is 17.5. The van der Waals surface area contributed by atoms with Gasteiger partial charge in [0.1, 0.15) is 18.1 Å². The van der Waals surface area contributed by atoms with E-state index in [0.29, 0.717) is 18.2 Å². The van der Waals surface area contributed by atoms with E-state index in [-0.39, 0.29) is 5.91 Å². The Morgan fingerprint density at radius 2 is 2.17 bits per heavy atom. The lowest BCUT2D eigenvalue weighted by Crippen LogP contribution is -2.41. The lowest BCUT2D eigenvalue weighted by molar-refractivity contribution is -0.133. The summed E-state index contributed by atoms with van der Waals surface area (Å²) in [6, 6.07) is 0. The fraction of sp³-hybridized carbons (Fsp3) is 0.625. The normalized spacial score (nSPS) is 17.2. The van der Waals surface area contributed by atoms with Gasteiger partial charge in [0.25, 0.3) is 0 Å². The van der Waals surface area contributed by atoms with Crippen molar-refractivity contribution in [2.75, 3.05) is 13.1 Å². The van der Waals surface area contributed by atoms with Gasteiger partial charge in [-0.25, -0.2) is 4.98 Å². The predicted octanol–water partition coefficient (Wildman–Crippen LogP) is 0.775. The maximum Gasteiger partial charge on any atom is 0.242 e. The first-order valence-corrected chi connectivity index (χ1v) is 8.36. The molecule has 0 aliphatic carbocycles. The summed E-state index contributed by atoms with van der Waals surface area (Å²) in [5.74, 6) is 1.48. The molecule has 1 aliphatic rings. The van der Waals surface area contributed by atoms with Crippen LogP contribution in [-0.2, 0) is 17.9 Å². The van der Waals surface area contributed by atoms with E-state index >= 15 is 0 Å². The number of aryl methyl sites for hydroxylation is 1. The zero-order chi connectivity index (χ0) is 17.1. The molecule has 0 unspecified atom stereocenters. The van der Waals surface area contributed by atoms with Gasteiger partial charge in [0.05, 0.1) is 12.3 Å². The molecule has 2 aromatic heterocycles. The molecule has 3 rings (SSSR count). The van der Waals surface area contributed by atoms with Crippen LogP contribution in [-0.4, -0.2) is 53.5 Å². The van der Waals surface area contributed by atoms with Gasteiger partial charge < -0.3 is 14.6 Å². The molecule has 1 saturated heterocycles. The maximum absolute atomic E-state index is 12.4. The highest BCUT2D eigenvalue weighted by Crippen LogP contribution is 2.20. The minimum atomic E-state index is -0.593. The number of aromatic nitrogens is 5. The highest BCUT2D eigenvalue weighted by Gasteiger charge is 2.23. The number of piperidine rings is 1. The maximum atomic E-state index is 12.4. The summed E-state index contributed by atoms with van der Waals surface area (Å²) < 4.78 is 3.67. The van der Waals surface area contributed by atoms with Gasteiger partial charge in [-0.15, -0.1) is 5.10 Å². The Balaban J connectivity index is 1.48. The van der Waals surface area contributed by atoms with E-state index in [4.69, 9.17) is 0 Å². The van der Waals surface area contributed by atoms with Gasteiger partial charge in [-0.05, 0) is 32.6 Å². The van der Waals surface area contributed by atoms with Crippen molar-refractivity contribution in [3.8, 4) is 0 Å². The van der Waals surface area contributed by atoms with Crippen LogP contribution in [0.3, 0.4) is 0 Å². The van der Waals surface area contributed by atoms with E-state index in [1.165, 1.54) is 0 Å². The van der Waals surface area contributed by atoms with Crippen molar-refractivity contribution in [2.24, 2.45) is 5.92 Å².